The number of fused-ring (bicyclic) bond motifs is 1. The fourth-order valence-electron chi connectivity index (χ4n) is 4.42. The molecule has 4 rings (SSSR count). The highest BCUT2D eigenvalue weighted by Gasteiger charge is 2.39. The standard InChI is InChI=1S/C29H46N4O7SSi/c1-22(21-39-41(5,34)35)37-17-16-36-15-13-32-20-23(19-30-32)28-25-18-24(40-42(6,7)29(2,3)4)11-12-26(25)33(31-28)27-10-8-9-14-38-27/h11-12,18-20,22,27H,8-10,13-17,21H2,1-7H3/t22-,27?/m1/s1. The molecule has 0 amide bonds. The lowest BCUT2D eigenvalue weighted by atomic mass is 10.1. The van der Waals surface area contributed by atoms with Gasteiger partial charge in [0.2, 0.25) is 8.32 Å². The van der Waals surface area contributed by atoms with Crippen molar-refractivity contribution in [3.8, 4) is 17.0 Å². The van der Waals surface area contributed by atoms with Gasteiger partial charge in [0.05, 0.1) is 57.0 Å². The van der Waals surface area contributed by atoms with Crippen molar-refractivity contribution in [3.63, 3.8) is 0 Å². The summed E-state index contributed by atoms with van der Waals surface area (Å²) in [6, 6.07) is 6.26. The minimum atomic E-state index is -3.48. The van der Waals surface area contributed by atoms with Gasteiger partial charge < -0.3 is 18.6 Å². The molecule has 2 atom stereocenters. The molecule has 0 saturated carbocycles. The number of ether oxygens (including phenoxy) is 3. The smallest absolute Gasteiger partial charge is 0.264 e. The average Bonchev–Trinajstić information content (AvgIpc) is 3.53. The molecule has 1 fully saturated rings. The summed E-state index contributed by atoms with van der Waals surface area (Å²) in [7, 11) is -5.49. The summed E-state index contributed by atoms with van der Waals surface area (Å²) in [6.45, 7) is 15.4. The lowest BCUT2D eigenvalue weighted by Gasteiger charge is -2.36. The second kappa shape index (κ2) is 13.6. The maximum atomic E-state index is 11.1. The fourth-order valence-corrected chi connectivity index (χ4v) is 5.89. The van der Waals surface area contributed by atoms with Crippen LogP contribution in [0.1, 0.15) is 53.2 Å². The van der Waals surface area contributed by atoms with Gasteiger partial charge in [-0.2, -0.15) is 18.6 Å². The minimum Gasteiger partial charge on any atom is -0.543 e. The van der Waals surface area contributed by atoms with Gasteiger partial charge in [-0.05, 0) is 62.5 Å². The van der Waals surface area contributed by atoms with E-state index >= 15 is 0 Å². The minimum absolute atomic E-state index is 0.0177. The largest absolute Gasteiger partial charge is 0.543 e. The first-order chi connectivity index (χ1) is 19.7. The third-order valence-corrected chi connectivity index (χ3v) is 12.7. The van der Waals surface area contributed by atoms with E-state index in [0.717, 1.165) is 60.0 Å². The Morgan fingerprint density at radius 1 is 1.17 bits per heavy atom. The molecule has 0 radical (unpaired) electrons. The zero-order valence-electron chi connectivity index (χ0n) is 26.0. The van der Waals surface area contributed by atoms with Crippen molar-refractivity contribution >= 4 is 29.3 Å². The Morgan fingerprint density at radius 2 is 1.95 bits per heavy atom. The summed E-state index contributed by atoms with van der Waals surface area (Å²) in [4.78, 5) is 0. The summed E-state index contributed by atoms with van der Waals surface area (Å²) in [5, 5.41) is 10.7. The zero-order chi connectivity index (χ0) is 30.5. The molecule has 42 heavy (non-hydrogen) atoms. The fraction of sp³-hybridized carbons (Fsp3) is 0.655. The predicted molar refractivity (Wildman–Crippen MR) is 165 cm³/mol. The van der Waals surface area contributed by atoms with Gasteiger partial charge in [0.25, 0.3) is 10.1 Å². The number of nitrogens with zero attached hydrogens (tertiary/aromatic N) is 4. The molecule has 1 aliphatic rings. The van der Waals surface area contributed by atoms with E-state index in [1.165, 1.54) is 0 Å². The third kappa shape index (κ3) is 8.63. The molecule has 234 valence electrons. The van der Waals surface area contributed by atoms with Crippen molar-refractivity contribution in [3.05, 3.63) is 30.6 Å². The maximum Gasteiger partial charge on any atom is 0.264 e. The Balaban J connectivity index is 1.43. The Bertz CT molecular complexity index is 1430. The van der Waals surface area contributed by atoms with Crippen molar-refractivity contribution in [2.75, 3.05) is 39.3 Å². The van der Waals surface area contributed by atoms with Crippen LogP contribution in [0.2, 0.25) is 18.1 Å². The first kappa shape index (κ1) is 32.6. The van der Waals surface area contributed by atoms with Crippen LogP contribution in [-0.4, -0.2) is 81.7 Å². The number of aromatic nitrogens is 4. The number of benzene rings is 1. The van der Waals surface area contributed by atoms with E-state index in [2.05, 4.69) is 57.2 Å². The summed E-state index contributed by atoms with van der Waals surface area (Å²) < 4.78 is 54.8. The van der Waals surface area contributed by atoms with Gasteiger partial charge >= 0.3 is 0 Å². The quantitative estimate of drug-likeness (QED) is 0.133. The highest BCUT2D eigenvalue weighted by atomic mass is 32.2. The molecule has 1 unspecified atom stereocenters. The summed E-state index contributed by atoms with van der Waals surface area (Å²) in [5.74, 6) is 0.861. The van der Waals surface area contributed by atoms with Crippen molar-refractivity contribution in [2.45, 2.75) is 84.0 Å². The van der Waals surface area contributed by atoms with E-state index in [1.807, 2.05) is 21.8 Å². The van der Waals surface area contributed by atoms with Crippen LogP contribution in [0, 0.1) is 0 Å². The van der Waals surface area contributed by atoms with E-state index in [-0.39, 0.29) is 24.0 Å². The molecule has 0 bridgehead atoms. The van der Waals surface area contributed by atoms with Crippen LogP contribution in [0.15, 0.2) is 30.6 Å². The topological polar surface area (TPSA) is 116 Å². The molecule has 1 aliphatic heterocycles. The van der Waals surface area contributed by atoms with Gasteiger partial charge in [-0.1, -0.05) is 20.8 Å². The average molecular weight is 623 g/mol. The second-order valence-corrected chi connectivity index (χ2v) is 18.8. The van der Waals surface area contributed by atoms with Crippen molar-refractivity contribution in [2.24, 2.45) is 0 Å². The number of hydrogen-bond donors (Lipinski definition) is 0. The van der Waals surface area contributed by atoms with Gasteiger partial charge in [0, 0.05) is 23.8 Å². The van der Waals surface area contributed by atoms with E-state index in [1.54, 1.807) is 6.92 Å². The zero-order valence-corrected chi connectivity index (χ0v) is 27.8. The summed E-state index contributed by atoms with van der Waals surface area (Å²) in [6.07, 6.45) is 7.52. The molecule has 0 aliphatic carbocycles. The summed E-state index contributed by atoms with van der Waals surface area (Å²) in [5.41, 5.74) is 2.79. The van der Waals surface area contributed by atoms with Crippen LogP contribution in [0.3, 0.4) is 0 Å². The highest BCUT2D eigenvalue weighted by molar-refractivity contribution is 7.85. The maximum absolute atomic E-state index is 11.1. The first-order valence-electron chi connectivity index (χ1n) is 14.6. The Kier molecular flexibility index (Phi) is 10.5. The van der Waals surface area contributed by atoms with E-state index in [9.17, 15) is 8.42 Å². The molecule has 3 aromatic rings. The van der Waals surface area contributed by atoms with Gasteiger partial charge in [-0.3, -0.25) is 8.86 Å². The number of hydrogen-bond acceptors (Lipinski definition) is 9. The van der Waals surface area contributed by atoms with Crippen LogP contribution >= 0.6 is 0 Å². The van der Waals surface area contributed by atoms with E-state index in [0.29, 0.717) is 26.4 Å². The normalized spacial score (nSPS) is 17.5. The van der Waals surface area contributed by atoms with Crippen molar-refractivity contribution in [1.29, 1.82) is 0 Å². The lowest BCUT2D eigenvalue weighted by Crippen LogP contribution is -2.43. The molecular formula is C29H46N4O7SSi. The molecule has 11 nitrogen and oxygen atoms in total. The van der Waals surface area contributed by atoms with Crippen LogP contribution in [0.5, 0.6) is 5.75 Å². The van der Waals surface area contributed by atoms with E-state index in [4.69, 9.17) is 27.9 Å². The molecule has 0 spiro atoms. The molecule has 0 N–H and O–H groups in total. The monoisotopic (exact) mass is 622 g/mol. The second-order valence-electron chi connectivity index (χ2n) is 12.4. The molecule has 13 heteroatoms. The molecule has 2 aromatic heterocycles. The van der Waals surface area contributed by atoms with Crippen LogP contribution in [0.4, 0.5) is 0 Å². The molecular weight excluding hydrogens is 576 g/mol. The first-order valence-corrected chi connectivity index (χ1v) is 19.4. The lowest BCUT2D eigenvalue weighted by molar-refractivity contribution is -0.0365. The van der Waals surface area contributed by atoms with Crippen LogP contribution in [-0.2, 0) is 35.1 Å². The van der Waals surface area contributed by atoms with Crippen LogP contribution < -0.4 is 4.43 Å². The predicted octanol–water partition coefficient (Wildman–Crippen LogP) is 5.38. The summed E-state index contributed by atoms with van der Waals surface area (Å²) >= 11 is 0. The molecule has 1 saturated heterocycles. The van der Waals surface area contributed by atoms with Gasteiger partial charge in [0.1, 0.15) is 11.4 Å². The van der Waals surface area contributed by atoms with Gasteiger partial charge in [0.15, 0.2) is 6.23 Å². The van der Waals surface area contributed by atoms with Gasteiger partial charge in [-0.25, -0.2) is 4.68 Å². The highest BCUT2D eigenvalue weighted by Crippen LogP contribution is 2.39. The third-order valence-electron chi connectivity index (χ3n) is 7.80. The van der Waals surface area contributed by atoms with Crippen LogP contribution in [0.25, 0.3) is 22.2 Å². The molecule has 3 heterocycles. The molecule has 1 aromatic carbocycles. The van der Waals surface area contributed by atoms with Gasteiger partial charge in [-0.15, -0.1) is 0 Å². The van der Waals surface area contributed by atoms with Crippen molar-refractivity contribution in [1.82, 2.24) is 19.6 Å². The Labute approximate surface area is 250 Å². The Hall–Kier alpha value is -2.29. The SMILES string of the molecule is C[C@H](COS(C)(=O)=O)OCCOCCn1cc(-c2nn(C3CCCCO3)c3ccc(O[Si](C)(C)C(C)(C)C)cc23)cn1. The Morgan fingerprint density at radius 3 is 2.64 bits per heavy atom. The van der Waals surface area contributed by atoms with E-state index < -0.39 is 18.4 Å². The number of rotatable bonds is 14. The van der Waals surface area contributed by atoms with Crippen molar-refractivity contribution < 1.29 is 31.2 Å².